The van der Waals surface area contributed by atoms with Gasteiger partial charge >= 0.3 is 0 Å². The Hall–Kier alpha value is -7.94. The molecule has 0 aliphatic heterocycles. The van der Waals surface area contributed by atoms with E-state index in [0.717, 1.165) is 55.5 Å². The van der Waals surface area contributed by atoms with Gasteiger partial charge < -0.3 is 9.32 Å². The van der Waals surface area contributed by atoms with Crippen LogP contribution in [0.4, 0.5) is 17.1 Å². The van der Waals surface area contributed by atoms with Gasteiger partial charge in [-0.05, 0) is 97.9 Å². The lowest BCUT2D eigenvalue weighted by molar-refractivity contribution is 0.673. The topological polar surface area (TPSA) is 16.4 Å². The molecular formula is C59H39NO. The van der Waals surface area contributed by atoms with Gasteiger partial charge in [-0.2, -0.15) is 0 Å². The molecule has 12 rings (SSSR count). The van der Waals surface area contributed by atoms with Crippen LogP contribution < -0.4 is 4.90 Å². The second-order valence-corrected chi connectivity index (χ2v) is 16.0. The SMILES string of the molecule is c1ccc(-c2ccc(N(c3cccc(-c4cccc5oc6c7ccccc7ccc6c45)c3)c3cccc4c3-c3ccccc3C4(c3ccccc3)c3ccccc3)cc2)cc1. The van der Waals surface area contributed by atoms with E-state index in [1.165, 1.54) is 49.9 Å². The summed E-state index contributed by atoms with van der Waals surface area (Å²) in [6, 6.07) is 86.0. The molecule has 0 atom stereocenters. The van der Waals surface area contributed by atoms with Crippen molar-refractivity contribution in [3.05, 3.63) is 259 Å². The third-order valence-electron chi connectivity index (χ3n) is 12.7. The van der Waals surface area contributed by atoms with E-state index in [1.54, 1.807) is 0 Å². The number of anilines is 3. The van der Waals surface area contributed by atoms with Crippen LogP contribution in [0, 0.1) is 0 Å². The zero-order valence-corrected chi connectivity index (χ0v) is 33.4. The van der Waals surface area contributed by atoms with Crippen LogP contribution in [0.25, 0.3) is 66.1 Å². The third kappa shape index (κ3) is 5.43. The molecule has 0 unspecified atom stereocenters. The Bertz CT molecular complexity index is 3360. The monoisotopic (exact) mass is 777 g/mol. The second kappa shape index (κ2) is 14.1. The maximum absolute atomic E-state index is 6.66. The molecule has 0 fully saturated rings. The van der Waals surface area contributed by atoms with E-state index >= 15 is 0 Å². The predicted molar refractivity (Wildman–Crippen MR) is 254 cm³/mol. The highest BCUT2D eigenvalue weighted by Crippen LogP contribution is 2.59. The highest BCUT2D eigenvalue weighted by atomic mass is 16.3. The van der Waals surface area contributed by atoms with Crippen LogP contribution in [0.15, 0.2) is 241 Å². The van der Waals surface area contributed by atoms with Crippen molar-refractivity contribution in [3.8, 4) is 33.4 Å². The number of benzene rings is 10. The molecule has 1 heterocycles. The Morgan fingerprint density at radius 2 is 0.984 bits per heavy atom. The Morgan fingerprint density at radius 1 is 0.377 bits per heavy atom. The van der Waals surface area contributed by atoms with Crippen LogP contribution in [-0.2, 0) is 5.41 Å². The summed E-state index contributed by atoms with van der Waals surface area (Å²) in [7, 11) is 0. The first kappa shape index (κ1) is 35.0. The number of nitrogens with zero attached hydrogens (tertiary/aromatic N) is 1. The molecule has 10 aromatic carbocycles. The van der Waals surface area contributed by atoms with Crippen molar-refractivity contribution in [1.82, 2.24) is 0 Å². The molecular weight excluding hydrogens is 739 g/mol. The van der Waals surface area contributed by atoms with Gasteiger partial charge in [-0.25, -0.2) is 0 Å². The van der Waals surface area contributed by atoms with E-state index in [1.807, 2.05) is 0 Å². The molecule has 0 amide bonds. The number of hydrogen-bond donors (Lipinski definition) is 0. The summed E-state index contributed by atoms with van der Waals surface area (Å²) in [5.41, 5.74) is 16.8. The largest absolute Gasteiger partial charge is 0.455 e. The van der Waals surface area contributed by atoms with Crippen LogP contribution in [0.1, 0.15) is 22.3 Å². The minimum atomic E-state index is -0.517. The van der Waals surface area contributed by atoms with Gasteiger partial charge in [-0.3, -0.25) is 0 Å². The molecule has 0 radical (unpaired) electrons. The first-order valence-corrected chi connectivity index (χ1v) is 21.0. The molecule has 2 nitrogen and oxygen atoms in total. The van der Waals surface area contributed by atoms with Crippen molar-refractivity contribution in [2.24, 2.45) is 0 Å². The Balaban J connectivity index is 1.11. The Labute approximate surface area is 355 Å². The van der Waals surface area contributed by atoms with Gasteiger partial charge in [0.1, 0.15) is 11.2 Å². The van der Waals surface area contributed by atoms with E-state index in [0.29, 0.717) is 0 Å². The lowest BCUT2D eigenvalue weighted by atomic mass is 9.68. The van der Waals surface area contributed by atoms with Gasteiger partial charge in [0.05, 0.1) is 11.1 Å². The number of fused-ring (bicyclic) bond motifs is 8. The van der Waals surface area contributed by atoms with E-state index in [-0.39, 0.29) is 0 Å². The van der Waals surface area contributed by atoms with Gasteiger partial charge in [0.2, 0.25) is 0 Å². The highest BCUT2D eigenvalue weighted by Gasteiger charge is 2.47. The summed E-state index contributed by atoms with van der Waals surface area (Å²) < 4.78 is 6.66. The molecule has 1 aliphatic rings. The first-order valence-electron chi connectivity index (χ1n) is 21.0. The summed E-state index contributed by atoms with van der Waals surface area (Å²) in [5, 5.41) is 4.55. The number of rotatable bonds is 7. The van der Waals surface area contributed by atoms with Crippen molar-refractivity contribution in [2.75, 3.05) is 4.90 Å². The average molecular weight is 778 g/mol. The molecule has 0 saturated carbocycles. The normalized spacial score (nSPS) is 12.7. The summed E-state index contributed by atoms with van der Waals surface area (Å²) in [4.78, 5) is 2.46. The number of furan rings is 1. The van der Waals surface area contributed by atoms with E-state index < -0.39 is 5.41 Å². The minimum Gasteiger partial charge on any atom is -0.455 e. The van der Waals surface area contributed by atoms with Crippen molar-refractivity contribution in [1.29, 1.82) is 0 Å². The molecule has 0 bridgehead atoms. The van der Waals surface area contributed by atoms with Crippen LogP contribution in [0.5, 0.6) is 0 Å². The van der Waals surface area contributed by atoms with Crippen molar-refractivity contribution < 1.29 is 4.42 Å². The Morgan fingerprint density at radius 3 is 1.77 bits per heavy atom. The van der Waals surface area contributed by atoms with Crippen LogP contribution in [-0.4, -0.2) is 0 Å². The second-order valence-electron chi connectivity index (χ2n) is 16.0. The van der Waals surface area contributed by atoms with Crippen LogP contribution >= 0.6 is 0 Å². The molecule has 286 valence electrons. The van der Waals surface area contributed by atoms with Crippen molar-refractivity contribution in [2.45, 2.75) is 5.41 Å². The predicted octanol–water partition coefficient (Wildman–Crippen LogP) is 15.9. The fourth-order valence-electron chi connectivity index (χ4n) is 10.1. The lowest BCUT2D eigenvalue weighted by Crippen LogP contribution is -2.28. The van der Waals surface area contributed by atoms with Gasteiger partial charge in [-0.15, -0.1) is 0 Å². The number of hydrogen-bond acceptors (Lipinski definition) is 2. The fraction of sp³-hybridized carbons (Fsp3) is 0.0169. The average Bonchev–Trinajstić information content (AvgIpc) is 3.88. The molecule has 1 aromatic heterocycles. The fourth-order valence-corrected chi connectivity index (χ4v) is 10.1. The lowest BCUT2D eigenvalue weighted by Gasteiger charge is -2.34. The molecule has 61 heavy (non-hydrogen) atoms. The quantitative estimate of drug-likeness (QED) is 0.160. The van der Waals surface area contributed by atoms with Gasteiger partial charge in [-0.1, -0.05) is 194 Å². The molecule has 1 aliphatic carbocycles. The zero-order valence-electron chi connectivity index (χ0n) is 33.4. The minimum absolute atomic E-state index is 0.517. The van der Waals surface area contributed by atoms with E-state index in [4.69, 9.17) is 4.42 Å². The summed E-state index contributed by atoms with van der Waals surface area (Å²) >= 11 is 0. The zero-order chi connectivity index (χ0) is 40.3. The van der Waals surface area contributed by atoms with E-state index in [9.17, 15) is 0 Å². The molecule has 0 N–H and O–H groups in total. The molecule has 0 saturated heterocycles. The molecule has 0 spiro atoms. The van der Waals surface area contributed by atoms with Gasteiger partial charge in [0.15, 0.2) is 0 Å². The summed E-state index contributed by atoms with van der Waals surface area (Å²) in [6.07, 6.45) is 0. The van der Waals surface area contributed by atoms with Gasteiger partial charge in [0.25, 0.3) is 0 Å². The Kier molecular flexibility index (Phi) is 8.11. The maximum Gasteiger partial charge on any atom is 0.143 e. The smallest absolute Gasteiger partial charge is 0.143 e. The van der Waals surface area contributed by atoms with Crippen molar-refractivity contribution >= 4 is 49.8 Å². The highest BCUT2D eigenvalue weighted by molar-refractivity contribution is 6.19. The molecule has 11 aromatic rings. The van der Waals surface area contributed by atoms with E-state index in [2.05, 4.69) is 241 Å². The van der Waals surface area contributed by atoms with Crippen LogP contribution in [0.2, 0.25) is 0 Å². The maximum atomic E-state index is 6.66. The molecule has 2 heteroatoms. The first-order chi connectivity index (χ1) is 30.3. The van der Waals surface area contributed by atoms with Gasteiger partial charge in [0, 0.05) is 33.1 Å². The van der Waals surface area contributed by atoms with Crippen molar-refractivity contribution in [3.63, 3.8) is 0 Å². The summed E-state index contributed by atoms with van der Waals surface area (Å²) in [5.74, 6) is 0. The standard InChI is InChI=1S/C59H39NO/c1-4-17-40(18-5-1)41-33-36-46(37-34-41)60(47-25-14-20-43(39-47)48-28-15-32-55-56(48)51-38-35-42-19-10-11-26-49(42)58(51)61-55)54-31-16-30-53-57(54)50-27-12-13-29-52(50)59(53,44-21-6-2-7-22-44)45-23-8-3-9-24-45/h1-39H. The third-order valence-corrected chi connectivity index (χ3v) is 12.7. The summed E-state index contributed by atoms with van der Waals surface area (Å²) in [6.45, 7) is 0. The van der Waals surface area contributed by atoms with Crippen LogP contribution in [0.3, 0.4) is 0 Å².